The zero-order chi connectivity index (χ0) is 23.4. The van der Waals surface area contributed by atoms with Crippen molar-refractivity contribution in [2.75, 3.05) is 19.8 Å². The van der Waals surface area contributed by atoms with Gasteiger partial charge in [0.1, 0.15) is 0 Å². The van der Waals surface area contributed by atoms with E-state index in [0.29, 0.717) is 5.92 Å². The summed E-state index contributed by atoms with van der Waals surface area (Å²) in [7, 11) is 0. The Morgan fingerprint density at radius 3 is 1.72 bits per heavy atom. The van der Waals surface area contributed by atoms with E-state index >= 15 is 0 Å². The first-order valence-electron chi connectivity index (χ1n) is 14.4. The van der Waals surface area contributed by atoms with Crippen molar-refractivity contribution in [1.29, 1.82) is 0 Å². The van der Waals surface area contributed by atoms with Gasteiger partial charge < -0.3 is 10.5 Å². The molecular weight excluding hydrogens is 390 g/mol. The third-order valence-corrected chi connectivity index (χ3v) is 6.39. The largest absolute Gasteiger partial charge is 0.381 e. The Kier molecular flexibility index (Phi) is 27.9. The first-order valence-corrected chi connectivity index (χ1v) is 14.4. The maximum Gasteiger partial charge on any atom is 0.0506 e. The molecule has 2 heteroatoms. The molecule has 32 heavy (non-hydrogen) atoms. The Morgan fingerprint density at radius 2 is 1.09 bits per heavy atom. The van der Waals surface area contributed by atoms with Gasteiger partial charge >= 0.3 is 0 Å². The molecule has 0 bridgehead atoms. The Balaban J connectivity index is 3.32. The summed E-state index contributed by atoms with van der Waals surface area (Å²) in [4.78, 5) is 0. The molecule has 0 aliphatic rings. The molecule has 0 saturated carbocycles. The number of unbranched alkanes of at least 4 members (excludes halogenated alkanes) is 15. The van der Waals surface area contributed by atoms with Crippen molar-refractivity contribution in [3.8, 4) is 0 Å². The van der Waals surface area contributed by atoms with E-state index in [9.17, 15) is 0 Å². The van der Waals surface area contributed by atoms with Crippen LogP contribution in [0, 0.1) is 5.92 Å². The molecule has 0 aliphatic heterocycles. The van der Waals surface area contributed by atoms with E-state index in [1.54, 1.807) is 0 Å². The molecule has 0 aliphatic carbocycles. The van der Waals surface area contributed by atoms with Crippen molar-refractivity contribution < 1.29 is 4.74 Å². The first-order chi connectivity index (χ1) is 15.8. The second-order valence-electron chi connectivity index (χ2n) is 9.67. The van der Waals surface area contributed by atoms with Gasteiger partial charge in [-0.15, -0.1) is 0 Å². The van der Waals surface area contributed by atoms with Crippen LogP contribution >= 0.6 is 0 Å². The second kappa shape index (κ2) is 28.4. The SMILES string of the molecule is CCCCC/C=C\C/C=C\CCCCCCCCOCC(CN)CCCCCCCCC. The summed E-state index contributed by atoms with van der Waals surface area (Å²) < 4.78 is 5.92. The van der Waals surface area contributed by atoms with E-state index < -0.39 is 0 Å². The average Bonchev–Trinajstić information content (AvgIpc) is 2.81. The minimum absolute atomic E-state index is 0.565. The number of allylic oxidation sites excluding steroid dienone is 4. The molecule has 0 radical (unpaired) electrons. The minimum Gasteiger partial charge on any atom is -0.381 e. The van der Waals surface area contributed by atoms with Crippen LogP contribution in [-0.2, 0) is 4.74 Å². The molecule has 2 N–H and O–H groups in total. The highest BCUT2D eigenvalue weighted by molar-refractivity contribution is 4.92. The van der Waals surface area contributed by atoms with E-state index in [-0.39, 0.29) is 0 Å². The summed E-state index contributed by atoms with van der Waals surface area (Å²) >= 11 is 0. The highest BCUT2D eigenvalue weighted by Crippen LogP contribution is 2.13. The quantitative estimate of drug-likeness (QED) is 0.105. The smallest absolute Gasteiger partial charge is 0.0506 e. The molecule has 0 heterocycles. The highest BCUT2D eigenvalue weighted by Gasteiger charge is 2.06. The third-order valence-electron chi connectivity index (χ3n) is 6.39. The molecule has 0 aromatic carbocycles. The molecule has 0 aromatic rings. The van der Waals surface area contributed by atoms with Crippen molar-refractivity contribution in [2.45, 2.75) is 142 Å². The van der Waals surface area contributed by atoms with Crippen molar-refractivity contribution in [1.82, 2.24) is 0 Å². The molecule has 1 atom stereocenters. The normalized spacial score (nSPS) is 13.0. The summed E-state index contributed by atoms with van der Waals surface area (Å²) in [6, 6.07) is 0. The van der Waals surface area contributed by atoms with Crippen molar-refractivity contribution >= 4 is 0 Å². The summed E-state index contributed by atoms with van der Waals surface area (Å²) in [5, 5.41) is 0. The molecule has 0 saturated heterocycles. The summed E-state index contributed by atoms with van der Waals surface area (Å²) in [5.74, 6) is 0.565. The Morgan fingerprint density at radius 1 is 0.594 bits per heavy atom. The lowest BCUT2D eigenvalue weighted by Crippen LogP contribution is -2.20. The molecule has 190 valence electrons. The maximum atomic E-state index is 5.94. The lowest BCUT2D eigenvalue weighted by atomic mass is 10.0. The first kappa shape index (κ1) is 31.4. The van der Waals surface area contributed by atoms with Crippen LogP contribution in [0.1, 0.15) is 142 Å². The summed E-state index contributed by atoms with van der Waals surface area (Å²) in [6.45, 7) is 7.11. The predicted octanol–water partition coefficient (Wildman–Crippen LogP) is 9.53. The van der Waals surface area contributed by atoms with Gasteiger partial charge in [0.2, 0.25) is 0 Å². The molecular formula is C30H59NO. The van der Waals surface area contributed by atoms with Gasteiger partial charge in [-0.3, -0.25) is 0 Å². The fourth-order valence-electron chi connectivity index (χ4n) is 4.10. The van der Waals surface area contributed by atoms with Crippen LogP contribution < -0.4 is 5.73 Å². The zero-order valence-corrected chi connectivity index (χ0v) is 22.1. The van der Waals surface area contributed by atoms with Gasteiger partial charge in [-0.1, -0.05) is 122 Å². The lowest BCUT2D eigenvalue weighted by Gasteiger charge is -2.15. The topological polar surface area (TPSA) is 35.2 Å². The standard InChI is InChI=1S/C30H59NO/c1-3-5-7-9-11-12-13-14-15-16-17-18-19-21-23-25-27-32-29-30(28-31)26-24-22-20-10-8-6-4-2/h11-12,14-15,30H,3-10,13,16-29,31H2,1-2H3/b12-11-,15-14-. The third kappa shape index (κ3) is 25.7. The number of hydrogen-bond acceptors (Lipinski definition) is 2. The van der Waals surface area contributed by atoms with Crippen LogP contribution in [0.15, 0.2) is 24.3 Å². The van der Waals surface area contributed by atoms with Crippen molar-refractivity contribution in [2.24, 2.45) is 11.7 Å². The highest BCUT2D eigenvalue weighted by atomic mass is 16.5. The predicted molar refractivity (Wildman–Crippen MR) is 145 cm³/mol. The zero-order valence-electron chi connectivity index (χ0n) is 22.1. The number of nitrogens with two attached hydrogens (primary N) is 1. The van der Waals surface area contributed by atoms with Crippen LogP contribution in [0.2, 0.25) is 0 Å². The molecule has 0 fully saturated rings. The summed E-state index contributed by atoms with van der Waals surface area (Å²) in [5.41, 5.74) is 5.94. The van der Waals surface area contributed by atoms with E-state index in [4.69, 9.17) is 10.5 Å². The van der Waals surface area contributed by atoms with Gasteiger partial charge in [-0.05, 0) is 57.4 Å². The molecule has 1 unspecified atom stereocenters. The molecule has 0 spiro atoms. The van der Waals surface area contributed by atoms with E-state index in [0.717, 1.165) is 26.2 Å². The second-order valence-corrected chi connectivity index (χ2v) is 9.67. The Bertz CT molecular complexity index is 390. The van der Waals surface area contributed by atoms with Crippen molar-refractivity contribution in [3.05, 3.63) is 24.3 Å². The summed E-state index contributed by atoms with van der Waals surface area (Å²) in [6.07, 6.45) is 35.8. The maximum absolute atomic E-state index is 5.94. The van der Waals surface area contributed by atoms with Crippen LogP contribution in [-0.4, -0.2) is 19.8 Å². The van der Waals surface area contributed by atoms with Gasteiger partial charge in [0.15, 0.2) is 0 Å². The fourth-order valence-corrected chi connectivity index (χ4v) is 4.10. The number of ether oxygens (including phenoxy) is 1. The van der Waals surface area contributed by atoms with Crippen LogP contribution in [0.25, 0.3) is 0 Å². The van der Waals surface area contributed by atoms with Crippen molar-refractivity contribution in [3.63, 3.8) is 0 Å². The minimum atomic E-state index is 0.565. The molecule has 0 rings (SSSR count). The average molecular weight is 450 g/mol. The van der Waals surface area contributed by atoms with Crippen LogP contribution in [0.4, 0.5) is 0 Å². The van der Waals surface area contributed by atoms with E-state index in [2.05, 4.69) is 38.2 Å². The Hall–Kier alpha value is -0.600. The van der Waals surface area contributed by atoms with Gasteiger partial charge in [-0.2, -0.15) is 0 Å². The van der Waals surface area contributed by atoms with E-state index in [1.165, 1.54) is 122 Å². The van der Waals surface area contributed by atoms with E-state index in [1.807, 2.05) is 0 Å². The van der Waals surface area contributed by atoms with Crippen LogP contribution in [0.3, 0.4) is 0 Å². The lowest BCUT2D eigenvalue weighted by molar-refractivity contribution is 0.0945. The van der Waals surface area contributed by atoms with Crippen LogP contribution in [0.5, 0.6) is 0 Å². The molecule has 2 nitrogen and oxygen atoms in total. The molecule has 0 aromatic heterocycles. The number of hydrogen-bond donors (Lipinski definition) is 1. The monoisotopic (exact) mass is 449 g/mol. The Labute approximate surface area is 202 Å². The van der Waals surface area contributed by atoms with Gasteiger partial charge in [0.05, 0.1) is 6.61 Å². The number of rotatable bonds is 26. The van der Waals surface area contributed by atoms with Gasteiger partial charge in [-0.25, -0.2) is 0 Å². The molecule has 0 amide bonds. The van der Waals surface area contributed by atoms with Gasteiger partial charge in [0.25, 0.3) is 0 Å². The van der Waals surface area contributed by atoms with Gasteiger partial charge in [0, 0.05) is 6.61 Å². The fraction of sp³-hybridized carbons (Fsp3) is 0.867.